The maximum absolute atomic E-state index is 13.3. The number of amides is 1. The molecule has 1 amide bonds. The van der Waals surface area contributed by atoms with Gasteiger partial charge in [0, 0.05) is 54.9 Å². The van der Waals surface area contributed by atoms with Gasteiger partial charge >= 0.3 is 0 Å². The third-order valence-electron chi connectivity index (χ3n) is 8.14. The fraction of sp³-hybridized carbons (Fsp3) is 0.265. The van der Waals surface area contributed by atoms with E-state index in [9.17, 15) is 4.79 Å². The lowest BCUT2D eigenvalue weighted by atomic mass is 10.0. The summed E-state index contributed by atoms with van der Waals surface area (Å²) < 4.78 is 0. The van der Waals surface area contributed by atoms with Crippen LogP contribution < -0.4 is 0 Å². The number of aromatic nitrogens is 1. The molecule has 0 bridgehead atoms. The van der Waals surface area contributed by atoms with Crippen LogP contribution in [0.15, 0.2) is 84.9 Å². The summed E-state index contributed by atoms with van der Waals surface area (Å²) in [6.07, 6.45) is 1.86. The summed E-state index contributed by atoms with van der Waals surface area (Å²) in [4.78, 5) is 21.3. The van der Waals surface area contributed by atoms with Gasteiger partial charge in [-0.1, -0.05) is 60.7 Å². The Morgan fingerprint density at radius 1 is 0.763 bits per heavy atom. The van der Waals surface area contributed by atoms with Gasteiger partial charge in [0.1, 0.15) is 0 Å². The number of hydrogen-bond acceptors (Lipinski definition) is 2. The van der Waals surface area contributed by atoms with E-state index in [1.807, 2.05) is 17.0 Å². The SMILES string of the molecule is Cc1[nH]c2ccc(Cc3cccc(C(=O)N4CCN(CCc5ccc6ccccc6c5)CC4)c3)cc2c1C. The number of carbonyl (C=O) groups is 1. The Morgan fingerprint density at radius 2 is 1.53 bits per heavy atom. The van der Waals surface area contributed by atoms with Crippen molar-refractivity contribution in [1.82, 2.24) is 14.8 Å². The highest BCUT2D eigenvalue weighted by atomic mass is 16.2. The third-order valence-corrected chi connectivity index (χ3v) is 8.14. The minimum absolute atomic E-state index is 0.147. The van der Waals surface area contributed by atoms with E-state index in [0.717, 1.165) is 51.1 Å². The summed E-state index contributed by atoms with van der Waals surface area (Å²) in [5.41, 5.74) is 8.32. The van der Waals surface area contributed by atoms with Gasteiger partial charge in [-0.05, 0) is 84.0 Å². The molecule has 6 rings (SSSR count). The molecular weight excluding hydrogens is 466 g/mol. The average Bonchev–Trinajstić information content (AvgIpc) is 3.24. The van der Waals surface area contributed by atoms with Crippen molar-refractivity contribution in [3.05, 3.63) is 118 Å². The van der Waals surface area contributed by atoms with E-state index in [1.54, 1.807) is 0 Å². The molecule has 1 fully saturated rings. The van der Waals surface area contributed by atoms with Gasteiger partial charge in [0.05, 0.1) is 0 Å². The van der Waals surface area contributed by atoms with E-state index < -0.39 is 0 Å². The molecule has 0 spiro atoms. The lowest BCUT2D eigenvalue weighted by Gasteiger charge is -2.35. The van der Waals surface area contributed by atoms with Crippen LogP contribution in [0.1, 0.15) is 38.3 Å². The highest BCUT2D eigenvalue weighted by Gasteiger charge is 2.22. The van der Waals surface area contributed by atoms with Crippen LogP contribution in [0, 0.1) is 13.8 Å². The molecule has 0 saturated carbocycles. The average molecular weight is 502 g/mol. The summed E-state index contributed by atoms with van der Waals surface area (Å²) in [7, 11) is 0. The predicted octanol–water partition coefficient (Wildman–Crippen LogP) is 6.53. The molecule has 0 unspecified atom stereocenters. The Bertz CT molecular complexity index is 1610. The molecular formula is C34H35N3O. The molecule has 1 aromatic heterocycles. The lowest BCUT2D eigenvalue weighted by Crippen LogP contribution is -2.49. The zero-order valence-corrected chi connectivity index (χ0v) is 22.3. The van der Waals surface area contributed by atoms with Gasteiger partial charge in [-0.3, -0.25) is 9.69 Å². The molecule has 4 aromatic carbocycles. The van der Waals surface area contributed by atoms with E-state index in [2.05, 4.69) is 96.5 Å². The van der Waals surface area contributed by atoms with Crippen LogP contribution in [0.25, 0.3) is 21.7 Å². The summed E-state index contributed by atoms with van der Waals surface area (Å²) >= 11 is 0. The topological polar surface area (TPSA) is 39.3 Å². The van der Waals surface area contributed by atoms with Crippen LogP contribution in [0.2, 0.25) is 0 Å². The number of carbonyl (C=O) groups excluding carboxylic acids is 1. The van der Waals surface area contributed by atoms with Crippen LogP contribution in [0.3, 0.4) is 0 Å². The highest BCUT2D eigenvalue weighted by Crippen LogP contribution is 2.24. The summed E-state index contributed by atoms with van der Waals surface area (Å²) in [6.45, 7) is 8.73. The van der Waals surface area contributed by atoms with E-state index in [-0.39, 0.29) is 5.91 Å². The van der Waals surface area contributed by atoms with Crippen LogP contribution in [0.4, 0.5) is 0 Å². The van der Waals surface area contributed by atoms with Crippen molar-refractivity contribution in [2.75, 3.05) is 32.7 Å². The Morgan fingerprint density at radius 3 is 2.37 bits per heavy atom. The largest absolute Gasteiger partial charge is 0.358 e. The Balaban J connectivity index is 1.05. The van der Waals surface area contributed by atoms with Crippen LogP contribution in [-0.4, -0.2) is 53.4 Å². The zero-order valence-electron chi connectivity index (χ0n) is 22.3. The van der Waals surface area contributed by atoms with Gasteiger partial charge in [-0.25, -0.2) is 0 Å². The molecule has 1 N–H and O–H groups in total. The second kappa shape index (κ2) is 10.5. The predicted molar refractivity (Wildman–Crippen MR) is 157 cm³/mol. The van der Waals surface area contributed by atoms with Crippen molar-refractivity contribution in [3.8, 4) is 0 Å². The van der Waals surface area contributed by atoms with Gasteiger partial charge in [-0.15, -0.1) is 0 Å². The maximum atomic E-state index is 13.3. The van der Waals surface area contributed by atoms with Crippen LogP contribution >= 0.6 is 0 Å². The quantitative estimate of drug-likeness (QED) is 0.287. The number of aromatic amines is 1. The number of hydrogen-bond donors (Lipinski definition) is 1. The molecule has 0 atom stereocenters. The molecule has 192 valence electrons. The van der Waals surface area contributed by atoms with Crippen molar-refractivity contribution < 1.29 is 4.79 Å². The smallest absolute Gasteiger partial charge is 0.253 e. The first-order valence-corrected chi connectivity index (χ1v) is 13.7. The normalized spacial score (nSPS) is 14.4. The molecule has 1 aliphatic rings. The van der Waals surface area contributed by atoms with Crippen LogP contribution in [0.5, 0.6) is 0 Å². The van der Waals surface area contributed by atoms with Crippen molar-refractivity contribution in [2.45, 2.75) is 26.7 Å². The monoisotopic (exact) mass is 501 g/mol. The minimum atomic E-state index is 0.147. The number of benzene rings is 4. The molecule has 0 radical (unpaired) electrons. The zero-order chi connectivity index (χ0) is 26.1. The fourth-order valence-corrected chi connectivity index (χ4v) is 5.71. The minimum Gasteiger partial charge on any atom is -0.358 e. The summed E-state index contributed by atoms with van der Waals surface area (Å²) in [5, 5.41) is 3.88. The number of rotatable bonds is 6. The molecule has 4 nitrogen and oxygen atoms in total. The molecule has 1 saturated heterocycles. The first-order chi connectivity index (χ1) is 18.5. The van der Waals surface area contributed by atoms with Gasteiger partial charge in [0.2, 0.25) is 0 Å². The fourth-order valence-electron chi connectivity index (χ4n) is 5.71. The van der Waals surface area contributed by atoms with Gasteiger partial charge in [-0.2, -0.15) is 0 Å². The molecule has 5 aromatic rings. The summed E-state index contributed by atoms with van der Waals surface area (Å²) in [6, 6.07) is 30.1. The number of aryl methyl sites for hydroxylation is 2. The molecule has 4 heteroatoms. The molecule has 1 aliphatic heterocycles. The number of fused-ring (bicyclic) bond motifs is 2. The van der Waals surface area contributed by atoms with Crippen molar-refractivity contribution in [3.63, 3.8) is 0 Å². The molecule has 2 heterocycles. The van der Waals surface area contributed by atoms with E-state index in [4.69, 9.17) is 0 Å². The highest BCUT2D eigenvalue weighted by molar-refractivity contribution is 5.94. The number of nitrogens with one attached hydrogen (secondary N) is 1. The van der Waals surface area contributed by atoms with E-state index in [0.29, 0.717) is 0 Å². The van der Waals surface area contributed by atoms with Gasteiger partial charge < -0.3 is 9.88 Å². The Labute approximate surface area is 224 Å². The maximum Gasteiger partial charge on any atom is 0.253 e. The van der Waals surface area contributed by atoms with E-state index >= 15 is 0 Å². The molecule has 0 aliphatic carbocycles. The second-order valence-electron chi connectivity index (χ2n) is 10.7. The number of nitrogens with zero attached hydrogens (tertiary/aromatic N) is 2. The number of H-pyrrole nitrogens is 1. The van der Waals surface area contributed by atoms with Crippen molar-refractivity contribution in [2.24, 2.45) is 0 Å². The molecule has 38 heavy (non-hydrogen) atoms. The van der Waals surface area contributed by atoms with Gasteiger partial charge in [0.15, 0.2) is 0 Å². The Kier molecular flexibility index (Phi) is 6.73. The van der Waals surface area contributed by atoms with Crippen LogP contribution in [-0.2, 0) is 12.8 Å². The standard InChI is InChI=1S/C34H35N3O/c1-24-25(2)35-33-13-11-28(23-32(24)33)20-27-6-5-9-31(22-27)34(38)37-18-16-36(17-19-37)15-14-26-10-12-29-7-3-4-8-30(29)21-26/h3-13,21-23,35H,14-20H2,1-2H3. The number of piperazine rings is 1. The third kappa shape index (κ3) is 5.09. The lowest BCUT2D eigenvalue weighted by molar-refractivity contribution is 0.0638. The first-order valence-electron chi connectivity index (χ1n) is 13.7. The van der Waals surface area contributed by atoms with Crippen molar-refractivity contribution in [1.29, 1.82) is 0 Å². The summed E-state index contributed by atoms with van der Waals surface area (Å²) in [5.74, 6) is 0.147. The van der Waals surface area contributed by atoms with E-state index in [1.165, 1.54) is 49.6 Å². The second-order valence-corrected chi connectivity index (χ2v) is 10.7. The first kappa shape index (κ1) is 24.4. The van der Waals surface area contributed by atoms with Crippen molar-refractivity contribution >= 4 is 27.6 Å². The van der Waals surface area contributed by atoms with Gasteiger partial charge in [0.25, 0.3) is 5.91 Å². The Hall–Kier alpha value is -3.89.